The van der Waals surface area contributed by atoms with Crippen molar-refractivity contribution in [3.63, 3.8) is 0 Å². The summed E-state index contributed by atoms with van der Waals surface area (Å²) in [5, 5.41) is 5.72. The van der Waals surface area contributed by atoms with Gasteiger partial charge in [-0.2, -0.15) is 0 Å². The van der Waals surface area contributed by atoms with E-state index in [0.717, 1.165) is 15.6 Å². The lowest BCUT2D eigenvalue weighted by Crippen LogP contribution is -2.43. The number of halogens is 1. The van der Waals surface area contributed by atoms with E-state index in [9.17, 15) is 14.4 Å². The number of unbranched alkanes of at least 4 members (excludes halogenated alkanes) is 1. The van der Waals surface area contributed by atoms with Crippen molar-refractivity contribution in [3.05, 3.63) is 70.2 Å². The summed E-state index contributed by atoms with van der Waals surface area (Å²) in [7, 11) is 0. The van der Waals surface area contributed by atoms with Crippen molar-refractivity contribution in [1.82, 2.24) is 15.5 Å². The van der Waals surface area contributed by atoms with Crippen LogP contribution in [0.4, 0.5) is 4.79 Å². The number of hydrogen-bond donors (Lipinski definition) is 2. The molecule has 3 amide bonds. The molecule has 0 radical (unpaired) electrons. The maximum Gasteiger partial charge on any atom is 0.407 e. The van der Waals surface area contributed by atoms with Gasteiger partial charge in [-0.15, -0.1) is 0 Å². The number of nitrogens with one attached hydrogen (secondary N) is 2. The Morgan fingerprint density at radius 1 is 0.944 bits per heavy atom. The van der Waals surface area contributed by atoms with Crippen molar-refractivity contribution in [2.24, 2.45) is 0 Å². The van der Waals surface area contributed by atoms with Gasteiger partial charge in [0.25, 0.3) is 0 Å². The summed E-state index contributed by atoms with van der Waals surface area (Å²) in [4.78, 5) is 40.1. The number of carbonyl (C=O) groups excluding carboxylic acids is 3. The van der Waals surface area contributed by atoms with E-state index in [-0.39, 0.29) is 11.8 Å². The van der Waals surface area contributed by atoms with E-state index in [1.807, 2.05) is 82.3 Å². The first-order valence-corrected chi connectivity index (χ1v) is 13.2. The van der Waals surface area contributed by atoms with Gasteiger partial charge in [-0.25, -0.2) is 4.79 Å². The third kappa shape index (κ3) is 10.4. The molecule has 0 aliphatic rings. The second-order valence-corrected chi connectivity index (χ2v) is 10.6. The summed E-state index contributed by atoms with van der Waals surface area (Å²) in [5.74, 6) is -0.288. The van der Waals surface area contributed by atoms with E-state index < -0.39 is 17.7 Å². The predicted molar refractivity (Wildman–Crippen MR) is 145 cm³/mol. The van der Waals surface area contributed by atoms with E-state index in [2.05, 4.69) is 26.6 Å². The number of alkyl carbamates (subject to hydrolysis) is 1. The van der Waals surface area contributed by atoms with Crippen LogP contribution in [-0.2, 0) is 20.9 Å². The van der Waals surface area contributed by atoms with Crippen molar-refractivity contribution in [2.45, 2.75) is 71.6 Å². The smallest absolute Gasteiger partial charge is 0.407 e. The fourth-order valence-corrected chi connectivity index (χ4v) is 3.91. The molecule has 36 heavy (non-hydrogen) atoms. The molecule has 0 spiro atoms. The van der Waals surface area contributed by atoms with Gasteiger partial charge in [-0.05, 0) is 63.3 Å². The highest BCUT2D eigenvalue weighted by Crippen LogP contribution is 2.26. The largest absolute Gasteiger partial charge is 0.444 e. The Morgan fingerprint density at radius 3 is 2.14 bits per heavy atom. The number of carbonyl (C=O) groups is 3. The molecule has 2 aromatic carbocycles. The van der Waals surface area contributed by atoms with Crippen LogP contribution in [0.1, 0.15) is 70.5 Å². The highest BCUT2D eigenvalue weighted by Gasteiger charge is 2.31. The predicted octanol–water partition coefficient (Wildman–Crippen LogP) is 5.74. The van der Waals surface area contributed by atoms with Crippen LogP contribution < -0.4 is 10.6 Å². The van der Waals surface area contributed by atoms with Crippen LogP contribution in [0.3, 0.4) is 0 Å². The van der Waals surface area contributed by atoms with Crippen LogP contribution in [0.5, 0.6) is 0 Å². The molecule has 0 saturated carbocycles. The van der Waals surface area contributed by atoms with Crippen LogP contribution in [-0.4, -0.2) is 41.5 Å². The highest BCUT2D eigenvalue weighted by molar-refractivity contribution is 9.10. The Balaban J connectivity index is 2.08. The molecule has 1 unspecified atom stereocenters. The Kier molecular flexibility index (Phi) is 11.9. The SMILES string of the molecule is CCCC(=O)N(Cc1ccccc1)C(C(=O)NCCCCNC(=O)OC(C)(C)C)c1ccc(Br)cc1. The zero-order valence-electron chi connectivity index (χ0n) is 21.7. The lowest BCUT2D eigenvalue weighted by Gasteiger charge is -2.32. The highest BCUT2D eigenvalue weighted by atomic mass is 79.9. The minimum atomic E-state index is -0.753. The van der Waals surface area contributed by atoms with Crippen molar-refractivity contribution in [2.75, 3.05) is 13.1 Å². The summed E-state index contributed by atoms with van der Waals surface area (Å²) in [5.41, 5.74) is 1.17. The molecule has 0 saturated heterocycles. The van der Waals surface area contributed by atoms with Crippen LogP contribution in [0.15, 0.2) is 59.1 Å². The minimum Gasteiger partial charge on any atom is -0.444 e. The number of nitrogens with zero attached hydrogens (tertiary/aromatic N) is 1. The molecule has 2 aromatic rings. The molecule has 0 aromatic heterocycles. The second kappa shape index (κ2) is 14.6. The lowest BCUT2D eigenvalue weighted by molar-refractivity contribution is -0.141. The normalized spacial score (nSPS) is 11.9. The maximum atomic E-state index is 13.5. The second-order valence-electron chi connectivity index (χ2n) is 9.64. The molecule has 0 aliphatic heterocycles. The zero-order chi connectivity index (χ0) is 26.6. The lowest BCUT2D eigenvalue weighted by atomic mass is 10.0. The van der Waals surface area contributed by atoms with Gasteiger partial charge in [-0.1, -0.05) is 65.3 Å². The summed E-state index contributed by atoms with van der Waals surface area (Å²) in [6.45, 7) is 8.63. The Hall–Kier alpha value is -2.87. The number of hydrogen-bond acceptors (Lipinski definition) is 4. The van der Waals surface area contributed by atoms with Crippen molar-refractivity contribution in [1.29, 1.82) is 0 Å². The molecule has 2 rings (SSSR count). The van der Waals surface area contributed by atoms with Crippen LogP contribution in [0.25, 0.3) is 0 Å². The molecular formula is C28H38BrN3O4. The first-order valence-electron chi connectivity index (χ1n) is 12.4. The van der Waals surface area contributed by atoms with Gasteiger partial charge in [0.2, 0.25) is 11.8 Å². The standard InChI is InChI=1S/C28H38BrN3O4/c1-5-11-24(33)32(20-21-12-7-6-8-13-21)25(22-14-16-23(29)17-15-22)26(34)30-18-9-10-19-31-27(35)36-28(2,3)4/h6-8,12-17,25H,5,9-11,18-20H2,1-4H3,(H,30,34)(H,31,35). The van der Waals surface area contributed by atoms with Gasteiger partial charge < -0.3 is 20.3 Å². The average molecular weight is 561 g/mol. The summed E-state index contributed by atoms with van der Waals surface area (Å²) >= 11 is 3.45. The summed E-state index contributed by atoms with van der Waals surface area (Å²) in [6, 6.07) is 16.4. The van der Waals surface area contributed by atoms with Gasteiger partial charge in [0.05, 0.1) is 0 Å². The van der Waals surface area contributed by atoms with Gasteiger partial charge in [-0.3, -0.25) is 9.59 Å². The molecule has 0 aliphatic carbocycles. The summed E-state index contributed by atoms with van der Waals surface area (Å²) < 4.78 is 6.13. The molecule has 196 valence electrons. The average Bonchev–Trinajstić information content (AvgIpc) is 2.81. The van der Waals surface area contributed by atoms with E-state index in [0.29, 0.717) is 45.3 Å². The molecule has 1 atom stereocenters. The minimum absolute atomic E-state index is 0.0639. The number of amides is 3. The molecule has 7 nitrogen and oxygen atoms in total. The Labute approximate surface area is 223 Å². The van der Waals surface area contributed by atoms with Crippen LogP contribution >= 0.6 is 15.9 Å². The quantitative estimate of drug-likeness (QED) is 0.324. The third-order valence-electron chi connectivity index (χ3n) is 5.30. The molecule has 8 heteroatoms. The van der Waals surface area contributed by atoms with Crippen molar-refractivity contribution in [3.8, 4) is 0 Å². The number of rotatable bonds is 12. The van der Waals surface area contributed by atoms with Crippen molar-refractivity contribution < 1.29 is 19.1 Å². The Morgan fingerprint density at radius 2 is 1.56 bits per heavy atom. The zero-order valence-corrected chi connectivity index (χ0v) is 23.3. The van der Waals surface area contributed by atoms with Gasteiger partial charge in [0.1, 0.15) is 11.6 Å². The van der Waals surface area contributed by atoms with E-state index >= 15 is 0 Å². The van der Waals surface area contributed by atoms with Crippen LogP contribution in [0.2, 0.25) is 0 Å². The fraction of sp³-hybridized carbons (Fsp3) is 0.464. The monoisotopic (exact) mass is 559 g/mol. The van der Waals surface area contributed by atoms with E-state index in [4.69, 9.17) is 4.74 Å². The van der Waals surface area contributed by atoms with Gasteiger partial charge >= 0.3 is 6.09 Å². The van der Waals surface area contributed by atoms with Gasteiger partial charge in [0.15, 0.2) is 0 Å². The van der Waals surface area contributed by atoms with E-state index in [1.54, 1.807) is 4.90 Å². The molecular weight excluding hydrogens is 522 g/mol. The topological polar surface area (TPSA) is 87.7 Å². The third-order valence-corrected chi connectivity index (χ3v) is 5.83. The first kappa shape index (κ1) is 29.4. The molecule has 0 bridgehead atoms. The molecule has 2 N–H and O–H groups in total. The van der Waals surface area contributed by atoms with Gasteiger partial charge in [0, 0.05) is 30.5 Å². The number of benzene rings is 2. The molecule has 0 heterocycles. The number of ether oxygens (including phenoxy) is 1. The summed E-state index contributed by atoms with van der Waals surface area (Å²) in [6.07, 6.45) is 1.97. The maximum absolute atomic E-state index is 13.5. The first-order chi connectivity index (χ1) is 17.1. The Bertz CT molecular complexity index is 975. The fourth-order valence-electron chi connectivity index (χ4n) is 3.64. The van der Waals surface area contributed by atoms with Crippen LogP contribution in [0, 0.1) is 0 Å². The van der Waals surface area contributed by atoms with Crippen molar-refractivity contribution >= 4 is 33.8 Å². The molecule has 0 fully saturated rings. The van der Waals surface area contributed by atoms with E-state index in [1.165, 1.54) is 0 Å².